The molecule has 6 heteroatoms. The number of ether oxygens (including phenoxy) is 1. The average Bonchev–Trinajstić information content (AvgIpc) is 2.94. The molecule has 5 nitrogen and oxygen atoms in total. The molecule has 2 N–H and O–H groups in total. The van der Waals surface area contributed by atoms with Gasteiger partial charge in [0.1, 0.15) is 5.75 Å². The van der Waals surface area contributed by atoms with Crippen molar-refractivity contribution >= 4 is 40.3 Å². The zero-order chi connectivity index (χ0) is 24.9. The summed E-state index contributed by atoms with van der Waals surface area (Å²) in [4.78, 5) is 16.0. The second kappa shape index (κ2) is 10.5. The summed E-state index contributed by atoms with van der Waals surface area (Å²) < 4.78 is 5.35. The predicted molar refractivity (Wildman–Crippen MR) is 149 cm³/mol. The van der Waals surface area contributed by atoms with Gasteiger partial charge in [-0.15, -0.1) is 0 Å². The summed E-state index contributed by atoms with van der Waals surface area (Å²) >= 11 is 5.91. The van der Waals surface area contributed by atoms with Crippen molar-refractivity contribution in [1.82, 2.24) is 5.32 Å². The minimum absolute atomic E-state index is 0.211. The fourth-order valence-electron chi connectivity index (χ4n) is 4.33. The van der Waals surface area contributed by atoms with Gasteiger partial charge in [0.2, 0.25) is 0 Å². The van der Waals surface area contributed by atoms with Gasteiger partial charge in [0.25, 0.3) is 5.91 Å². The van der Waals surface area contributed by atoms with E-state index in [9.17, 15) is 4.79 Å². The first-order chi connectivity index (χ1) is 17.7. The Morgan fingerprint density at radius 3 is 2.03 bits per heavy atom. The number of amides is 1. The van der Waals surface area contributed by atoms with Crippen LogP contribution in [-0.4, -0.2) is 18.1 Å². The summed E-state index contributed by atoms with van der Waals surface area (Å²) in [6, 6.07) is 36.4. The molecule has 0 radical (unpaired) electrons. The monoisotopic (exact) mass is 491 g/mol. The van der Waals surface area contributed by atoms with Gasteiger partial charge in [-0.1, -0.05) is 78.9 Å². The Morgan fingerprint density at radius 2 is 1.42 bits per heavy atom. The predicted octanol–water partition coefficient (Wildman–Crippen LogP) is 6.18. The van der Waals surface area contributed by atoms with Gasteiger partial charge in [0, 0.05) is 11.4 Å². The van der Waals surface area contributed by atoms with Crippen LogP contribution < -0.4 is 20.3 Å². The van der Waals surface area contributed by atoms with Gasteiger partial charge in [-0.25, -0.2) is 0 Å². The number of nitrogens with one attached hydrogen (secondary N) is 2. The minimum atomic E-state index is -0.470. The van der Waals surface area contributed by atoms with E-state index in [-0.39, 0.29) is 5.91 Å². The Bertz CT molecular complexity index is 1390. The third-order valence-electron chi connectivity index (χ3n) is 6.03. The summed E-state index contributed by atoms with van der Waals surface area (Å²) in [5.74, 6) is 0.530. The zero-order valence-electron chi connectivity index (χ0n) is 19.7. The topological polar surface area (TPSA) is 53.6 Å². The molecule has 36 heavy (non-hydrogen) atoms. The molecule has 0 saturated heterocycles. The maximum absolute atomic E-state index is 14.0. The van der Waals surface area contributed by atoms with Gasteiger partial charge in [0.05, 0.1) is 24.4 Å². The van der Waals surface area contributed by atoms with E-state index in [0.717, 1.165) is 33.9 Å². The van der Waals surface area contributed by atoms with Crippen LogP contribution >= 0.6 is 12.2 Å². The fraction of sp³-hybridized carbons (Fsp3) is 0.0667. The van der Waals surface area contributed by atoms with Crippen LogP contribution in [0.1, 0.15) is 17.2 Å². The van der Waals surface area contributed by atoms with Crippen molar-refractivity contribution in [2.75, 3.05) is 17.3 Å². The normalized spacial score (nSPS) is 15.3. The lowest BCUT2D eigenvalue weighted by molar-refractivity contribution is -0.113. The number of methoxy groups -OCH3 is 1. The van der Waals surface area contributed by atoms with E-state index in [2.05, 4.69) is 10.6 Å². The lowest BCUT2D eigenvalue weighted by Gasteiger charge is -2.39. The number of benzene rings is 4. The second-order valence-electron chi connectivity index (χ2n) is 8.28. The van der Waals surface area contributed by atoms with Crippen molar-refractivity contribution in [3.05, 3.63) is 132 Å². The van der Waals surface area contributed by atoms with E-state index < -0.39 is 6.04 Å². The van der Waals surface area contributed by atoms with Crippen LogP contribution in [0.15, 0.2) is 121 Å². The van der Waals surface area contributed by atoms with E-state index >= 15 is 0 Å². The van der Waals surface area contributed by atoms with E-state index in [1.807, 2.05) is 120 Å². The first-order valence-corrected chi connectivity index (χ1v) is 12.0. The Kier molecular flexibility index (Phi) is 6.78. The molecule has 1 atom stereocenters. The Morgan fingerprint density at radius 1 is 0.833 bits per heavy atom. The number of carbonyl (C=O) groups is 1. The van der Waals surface area contributed by atoms with Gasteiger partial charge in [-0.2, -0.15) is 0 Å². The average molecular weight is 492 g/mol. The van der Waals surface area contributed by atoms with E-state index in [4.69, 9.17) is 17.0 Å². The third-order valence-corrected chi connectivity index (χ3v) is 6.33. The molecule has 4 aromatic carbocycles. The van der Waals surface area contributed by atoms with Crippen LogP contribution in [0.2, 0.25) is 0 Å². The number of hydrogen-bond donors (Lipinski definition) is 2. The zero-order valence-corrected chi connectivity index (χ0v) is 20.5. The molecular formula is C30H25N3O2S. The highest BCUT2D eigenvalue weighted by molar-refractivity contribution is 7.80. The lowest BCUT2D eigenvalue weighted by Crippen LogP contribution is -2.48. The number of rotatable bonds is 6. The van der Waals surface area contributed by atoms with E-state index in [1.54, 1.807) is 7.11 Å². The molecule has 0 spiro atoms. The first-order valence-electron chi connectivity index (χ1n) is 11.6. The molecule has 4 aromatic rings. The molecule has 0 fully saturated rings. The van der Waals surface area contributed by atoms with Gasteiger partial charge in [-0.3, -0.25) is 9.69 Å². The largest absolute Gasteiger partial charge is 0.497 e. The summed E-state index contributed by atoms with van der Waals surface area (Å²) in [5.41, 5.74) is 4.68. The van der Waals surface area contributed by atoms with Crippen LogP contribution in [0.4, 0.5) is 11.4 Å². The highest BCUT2D eigenvalue weighted by atomic mass is 32.1. The van der Waals surface area contributed by atoms with E-state index in [1.165, 1.54) is 0 Å². The van der Waals surface area contributed by atoms with Gasteiger partial charge in [0.15, 0.2) is 5.11 Å². The van der Waals surface area contributed by atoms with Crippen molar-refractivity contribution < 1.29 is 9.53 Å². The van der Waals surface area contributed by atoms with E-state index in [0.29, 0.717) is 10.7 Å². The molecule has 1 aliphatic rings. The number of hydrogen-bond acceptors (Lipinski definition) is 3. The number of carbonyl (C=O) groups excluding carboxylic acids is 1. The highest BCUT2D eigenvalue weighted by Gasteiger charge is 2.37. The molecular weight excluding hydrogens is 466 g/mol. The van der Waals surface area contributed by atoms with Gasteiger partial charge in [-0.05, 0) is 59.7 Å². The quantitative estimate of drug-likeness (QED) is 0.316. The summed E-state index contributed by atoms with van der Waals surface area (Å²) in [6.07, 6.45) is 0. The van der Waals surface area contributed by atoms with Crippen molar-refractivity contribution in [1.29, 1.82) is 0 Å². The molecule has 0 aromatic heterocycles. The molecule has 5 rings (SSSR count). The molecule has 1 unspecified atom stereocenters. The van der Waals surface area contributed by atoms with Crippen molar-refractivity contribution in [3.63, 3.8) is 0 Å². The second-order valence-corrected chi connectivity index (χ2v) is 8.66. The number of para-hydroxylation sites is 2. The van der Waals surface area contributed by atoms with Crippen LogP contribution in [-0.2, 0) is 4.79 Å². The smallest absolute Gasteiger partial charge is 0.256 e. The Hall–Kier alpha value is -4.42. The fourth-order valence-corrected chi connectivity index (χ4v) is 4.64. The number of thiocarbonyl (C=S) groups is 1. The Balaban J connectivity index is 1.74. The molecule has 0 aliphatic carbocycles. The van der Waals surface area contributed by atoms with Crippen molar-refractivity contribution in [3.8, 4) is 5.75 Å². The number of anilines is 2. The SMILES string of the molecule is COc1ccc(C2NC(=S)N(c3ccccc3)C(c3ccccc3)=C2C(=O)Nc2ccccc2)cc1. The molecule has 0 bridgehead atoms. The molecule has 1 heterocycles. The van der Waals surface area contributed by atoms with Crippen molar-refractivity contribution in [2.45, 2.75) is 6.04 Å². The lowest BCUT2D eigenvalue weighted by atomic mass is 9.90. The van der Waals surface area contributed by atoms with Crippen LogP contribution in [0.3, 0.4) is 0 Å². The number of nitrogens with zero attached hydrogens (tertiary/aromatic N) is 1. The maximum atomic E-state index is 14.0. The maximum Gasteiger partial charge on any atom is 0.256 e. The molecule has 0 saturated carbocycles. The molecule has 1 aliphatic heterocycles. The third kappa shape index (κ3) is 4.72. The van der Waals surface area contributed by atoms with Crippen LogP contribution in [0.5, 0.6) is 5.75 Å². The summed E-state index contributed by atoms with van der Waals surface area (Å²) in [7, 11) is 1.63. The van der Waals surface area contributed by atoms with Crippen LogP contribution in [0.25, 0.3) is 5.70 Å². The minimum Gasteiger partial charge on any atom is -0.497 e. The van der Waals surface area contributed by atoms with Crippen LogP contribution in [0, 0.1) is 0 Å². The van der Waals surface area contributed by atoms with Gasteiger partial charge < -0.3 is 15.4 Å². The van der Waals surface area contributed by atoms with Gasteiger partial charge >= 0.3 is 0 Å². The standard InChI is InChI=1S/C30H25N3O2S/c1-35-25-19-17-21(18-20-25)27-26(29(34)31-23-13-7-3-8-14-23)28(22-11-5-2-6-12-22)33(30(36)32-27)24-15-9-4-10-16-24/h2-20,27H,1H3,(H,31,34)(H,32,36). The highest BCUT2D eigenvalue weighted by Crippen LogP contribution is 2.39. The summed E-state index contributed by atoms with van der Waals surface area (Å²) in [6.45, 7) is 0. The Labute approximate surface area is 216 Å². The first kappa shape index (κ1) is 23.3. The molecule has 178 valence electrons. The van der Waals surface area contributed by atoms with Crippen molar-refractivity contribution in [2.24, 2.45) is 0 Å². The summed E-state index contributed by atoms with van der Waals surface area (Å²) in [5, 5.41) is 7.03. The molecule has 1 amide bonds.